The van der Waals surface area contributed by atoms with E-state index in [1.54, 1.807) is 6.07 Å². The molecule has 0 aliphatic carbocycles. The molecule has 0 saturated carbocycles. The lowest BCUT2D eigenvalue weighted by atomic mass is 9.86. The minimum absolute atomic E-state index is 0.218. The molecule has 1 aromatic carbocycles. The number of nitrogens with one attached hydrogen (secondary N) is 1. The van der Waals surface area contributed by atoms with Crippen molar-refractivity contribution in [1.29, 1.82) is 0 Å². The van der Waals surface area contributed by atoms with Gasteiger partial charge in [0.05, 0.1) is 6.04 Å². The first-order chi connectivity index (χ1) is 9.96. The Morgan fingerprint density at radius 2 is 1.86 bits per heavy atom. The Morgan fingerprint density at radius 3 is 2.43 bits per heavy atom. The Kier molecular flexibility index (Phi) is 5.77. The van der Waals surface area contributed by atoms with Gasteiger partial charge in [0.2, 0.25) is 0 Å². The maximum absolute atomic E-state index is 14.2. The standard InChI is InChI=1S/C16H25BrFN3/c1-16(2,21-9-5-3-4-6-10-21)15(20-19)13-11-12(17)7-8-14(13)18/h7-8,11,15,20H,3-6,9-10,19H2,1-2H3. The van der Waals surface area contributed by atoms with E-state index < -0.39 is 0 Å². The molecule has 0 bridgehead atoms. The van der Waals surface area contributed by atoms with Crippen LogP contribution in [-0.2, 0) is 0 Å². The molecule has 0 radical (unpaired) electrons. The van der Waals surface area contributed by atoms with Crippen molar-refractivity contribution in [2.75, 3.05) is 13.1 Å². The minimum Gasteiger partial charge on any atom is -0.296 e. The summed E-state index contributed by atoms with van der Waals surface area (Å²) in [6.45, 7) is 6.37. The van der Waals surface area contributed by atoms with Crippen LogP contribution in [0.25, 0.3) is 0 Å². The highest BCUT2D eigenvalue weighted by atomic mass is 79.9. The van der Waals surface area contributed by atoms with Gasteiger partial charge in [0.25, 0.3) is 0 Å². The van der Waals surface area contributed by atoms with Gasteiger partial charge in [-0.05, 0) is 58.0 Å². The molecular formula is C16H25BrFN3. The number of rotatable bonds is 4. The summed E-state index contributed by atoms with van der Waals surface area (Å²) in [5.74, 6) is 5.58. The summed E-state index contributed by atoms with van der Waals surface area (Å²) >= 11 is 3.42. The zero-order valence-electron chi connectivity index (χ0n) is 12.8. The molecule has 3 N–H and O–H groups in total. The molecule has 1 unspecified atom stereocenters. The first-order valence-electron chi connectivity index (χ1n) is 7.63. The molecule has 1 atom stereocenters. The summed E-state index contributed by atoms with van der Waals surface area (Å²) in [6, 6.07) is 4.76. The van der Waals surface area contributed by atoms with E-state index in [4.69, 9.17) is 5.84 Å². The second-order valence-corrected chi connectivity index (χ2v) is 7.24. The van der Waals surface area contributed by atoms with Crippen LogP contribution in [0, 0.1) is 5.82 Å². The topological polar surface area (TPSA) is 41.3 Å². The lowest BCUT2D eigenvalue weighted by Crippen LogP contribution is -2.54. The Balaban J connectivity index is 2.31. The average Bonchev–Trinajstić information content (AvgIpc) is 2.72. The van der Waals surface area contributed by atoms with E-state index in [9.17, 15) is 4.39 Å². The molecule has 3 nitrogen and oxygen atoms in total. The predicted octanol–water partition coefficient (Wildman–Crippen LogP) is 3.75. The maximum atomic E-state index is 14.2. The van der Waals surface area contributed by atoms with Crippen molar-refractivity contribution in [2.45, 2.75) is 51.1 Å². The first kappa shape index (κ1) is 16.9. The van der Waals surface area contributed by atoms with Crippen molar-refractivity contribution in [3.8, 4) is 0 Å². The smallest absolute Gasteiger partial charge is 0.128 e. The van der Waals surface area contributed by atoms with Gasteiger partial charge < -0.3 is 0 Å². The lowest BCUT2D eigenvalue weighted by molar-refractivity contribution is 0.0820. The van der Waals surface area contributed by atoms with Gasteiger partial charge in [-0.25, -0.2) is 4.39 Å². The highest BCUT2D eigenvalue weighted by molar-refractivity contribution is 9.10. The van der Waals surface area contributed by atoms with Gasteiger partial charge >= 0.3 is 0 Å². The molecule has 5 heteroatoms. The van der Waals surface area contributed by atoms with E-state index >= 15 is 0 Å². The van der Waals surface area contributed by atoms with E-state index in [2.05, 4.69) is 40.1 Å². The number of likely N-dealkylation sites (tertiary alicyclic amines) is 1. The van der Waals surface area contributed by atoms with Crippen LogP contribution < -0.4 is 11.3 Å². The van der Waals surface area contributed by atoms with Gasteiger partial charge in [-0.1, -0.05) is 28.8 Å². The maximum Gasteiger partial charge on any atom is 0.128 e. The zero-order chi connectivity index (χ0) is 15.5. The number of hydrazine groups is 1. The van der Waals surface area contributed by atoms with Gasteiger partial charge in [0.1, 0.15) is 5.82 Å². The normalized spacial score (nSPS) is 19.3. The molecule has 1 aromatic rings. The van der Waals surface area contributed by atoms with Crippen LogP contribution in [0.1, 0.15) is 51.1 Å². The summed E-state index contributed by atoms with van der Waals surface area (Å²) in [4.78, 5) is 2.44. The van der Waals surface area contributed by atoms with Crippen LogP contribution in [0.3, 0.4) is 0 Å². The molecule has 1 heterocycles. The fourth-order valence-electron chi connectivity index (χ4n) is 3.24. The van der Waals surface area contributed by atoms with E-state index in [1.165, 1.54) is 31.7 Å². The second-order valence-electron chi connectivity index (χ2n) is 6.32. The molecule has 2 rings (SSSR count). The van der Waals surface area contributed by atoms with Crippen LogP contribution in [0.2, 0.25) is 0 Å². The third-order valence-electron chi connectivity index (χ3n) is 4.56. The van der Waals surface area contributed by atoms with Crippen molar-refractivity contribution in [1.82, 2.24) is 10.3 Å². The second kappa shape index (κ2) is 7.18. The van der Waals surface area contributed by atoms with Crippen molar-refractivity contribution in [3.05, 3.63) is 34.1 Å². The molecule has 1 saturated heterocycles. The highest BCUT2D eigenvalue weighted by Gasteiger charge is 2.37. The molecule has 1 aliphatic rings. The largest absolute Gasteiger partial charge is 0.296 e. The Morgan fingerprint density at radius 1 is 1.24 bits per heavy atom. The predicted molar refractivity (Wildman–Crippen MR) is 88.3 cm³/mol. The summed E-state index contributed by atoms with van der Waals surface area (Å²) in [7, 11) is 0. The number of benzene rings is 1. The lowest BCUT2D eigenvalue weighted by Gasteiger charge is -2.44. The number of nitrogens with two attached hydrogens (primary N) is 1. The number of nitrogens with zero attached hydrogens (tertiary/aromatic N) is 1. The van der Waals surface area contributed by atoms with Crippen molar-refractivity contribution in [2.24, 2.45) is 5.84 Å². The molecule has 21 heavy (non-hydrogen) atoms. The van der Waals surface area contributed by atoms with Crippen LogP contribution in [0.5, 0.6) is 0 Å². The van der Waals surface area contributed by atoms with Crippen LogP contribution in [-0.4, -0.2) is 23.5 Å². The molecular weight excluding hydrogens is 333 g/mol. The van der Waals surface area contributed by atoms with Crippen molar-refractivity contribution < 1.29 is 4.39 Å². The van der Waals surface area contributed by atoms with Gasteiger partial charge in [-0.2, -0.15) is 0 Å². The fourth-order valence-corrected chi connectivity index (χ4v) is 3.62. The van der Waals surface area contributed by atoms with Gasteiger partial charge in [0, 0.05) is 15.6 Å². The Bertz CT molecular complexity index is 471. The Hall–Kier alpha value is -0.490. The monoisotopic (exact) mass is 357 g/mol. The molecule has 0 aromatic heterocycles. The number of hydrogen-bond donors (Lipinski definition) is 2. The van der Waals surface area contributed by atoms with Crippen molar-refractivity contribution >= 4 is 15.9 Å². The first-order valence-corrected chi connectivity index (χ1v) is 8.42. The summed E-state index contributed by atoms with van der Waals surface area (Å²) in [5.41, 5.74) is 3.20. The summed E-state index contributed by atoms with van der Waals surface area (Å²) < 4.78 is 15.1. The third-order valence-corrected chi connectivity index (χ3v) is 5.06. The van der Waals surface area contributed by atoms with E-state index in [0.717, 1.165) is 17.6 Å². The highest BCUT2D eigenvalue weighted by Crippen LogP contribution is 2.34. The molecule has 0 amide bonds. The SMILES string of the molecule is CC(C)(C(NN)c1cc(Br)ccc1F)N1CCCCCC1. The van der Waals surface area contributed by atoms with Gasteiger partial charge in [-0.15, -0.1) is 0 Å². The van der Waals surface area contributed by atoms with E-state index in [-0.39, 0.29) is 17.4 Å². The number of halogens is 2. The fraction of sp³-hybridized carbons (Fsp3) is 0.625. The van der Waals surface area contributed by atoms with E-state index in [1.807, 2.05) is 6.07 Å². The third kappa shape index (κ3) is 3.83. The van der Waals surface area contributed by atoms with Gasteiger partial charge in [0.15, 0.2) is 0 Å². The van der Waals surface area contributed by atoms with Gasteiger partial charge in [-0.3, -0.25) is 16.2 Å². The average molecular weight is 358 g/mol. The summed E-state index contributed by atoms with van der Waals surface area (Å²) in [5, 5.41) is 0. The zero-order valence-corrected chi connectivity index (χ0v) is 14.4. The van der Waals surface area contributed by atoms with Crippen LogP contribution in [0.15, 0.2) is 22.7 Å². The quantitative estimate of drug-likeness (QED) is 0.636. The minimum atomic E-state index is -0.256. The van der Waals surface area contributed by atoms with Crippen molar-refractivity contribution in [3.63, 3.8) is 0 Å². The number of hydrogen-bond acceptors (Lipinski definition) is 3. The summed E-state index contributed by atoms with van der Waals surface area (Å²) in [6.07, 6.45) is 4.94. The van der Waals surface area contributed by atoms with Crippen LogP contribution in [0.4, 0.5) is 4.39 Å². The molecule has 118 valence electrons. The molecule has 1 fully saturated rings. The molecule has 1 aliphatic heterocycles. The van der Waals surface area contributed by atoms with E-state index in [0.29, 0.717) is 5.56 Å². The Labute approximate surface area is 135 Å². The van der Waals surface area contributed by atoms with Crippen LogP contribution >= 0.6 is 15.9 Å². The molecule has 0 spiro atoms.